The Bertz CT molecular complexity index is 559. The number of aryl methyl sites for hydroxylation is 1. The van der Waals surface area contributed by atoms with E-state index < -0.39 is 0 Å². The van der Waals surface area contributed by atoms with Gasteiger partial charge in [0.1, 0.15) is 12.4 Å². The van der Waals surface area contributed by atoms with Gasteiger partial charge in [-0.05, 0) is 36.6 Å². The first kappa shape index (κ1) is 14.3. The smallest absolute Gasteiger partial charge is 0.244 e. The lowest BCUT2D eigenvalue weighted by atomic mass is 10.2. The van der Waals surface area contributed by atoms with Crippen LogP contribution < -0.4 is 10.1 Å². The third-order valence-corrected chi connectivity index (χ3v) is 3.47. The minimum absolute atomic E-state index is 0.106. The van der Waals surface area contributed by atoms with Crippen molar-refractivity contribution >= 4 is 23.3 Å². The molecule has 0 atom stereocenters. The van der Waals surface area contributed by atoms with Crippen LogP contribution in [0.25, 0.3) is 6.08 Å². The molecule has 1 heterocycles. The van der Waals surface area contributed by atoms with E-state index in [1.807, 2.05) is 48.7 Å². The van der Waals surface area contributed by atoms with E-state index in [-0.39, 0.29) is 5.91 Å². The zero-order chi connectivity index (χ0) is 14.2. The molecule has 0 aliphatic rings. The summed E-state index contributed by atoms with van der Waals surface area (Å²) < 4.78 is 5.53. The van der Waals surface area contributed by atoms with E-state index in [1.54, 1.807) is 17.4 Å². The maximum Gasteiger partial charge on any atom is 0.244 e. The zero-order valence-electron chi connectivity index (χ0n) is 11.3. The summed E-state index contributed by atoms with van der Waals surface area (Å²) in [6.07, 6.45) is 3.35. The first-order chi connectivity index (χ1) is 9.74. The van der Waals surface area contributed by atoms with Crippen LogP contribution in [0.15, 0.2) is 47.9 Å². The molecule has 2 rings (SSSR count). The normalized spacial score (nSPS) is 10.7. The van der Waals surface area contributed by atoms with Crippen LogP contribution in [-0.2, 0) is 4.79 Å². The summed E-state index contributed by atoms with van der Waals surface area (Å²) in [5.41, 5.74) is 1.20. The van der Waals surface area contributed by atoms with Gasteiger partial charge < -0.3 is 10.1 Å². The Morgan fingerprint density at radius 3 is 2.80 bits per heavy atom. The summed E-state index contributed by atoms with van der Waals surface area (Å²) in [6, 6.07) is 11.8. The maximum absolute atomic E-state index is 11.5. The van der Waals surface area contributed by atoms with Crippen LogP contribution in [0.5, 0.6) is 5.75 Å². The Morgan fingerprint density at radius 2 is 2.10 bits per heavy atom. The van der Waals surface area contributed by atoms with Crippen molar-refractivity contribution in [1.82, 2.24) is 5.32 Å². The highest BCUT2D eigenvalue weighted by Gasteiger charge is 1.96. The van der Waals surface area contributed by atoms with Crippen LogP contribution in [-0.4, -0.2) is 19.1 Å². The van der Waals surface area contributed by atoms with Crippen LogP contribution in [0.3, 0.4) is 0 Å². The largest absolute Gasteiger partial charge is 0.492 e. The fourth-order valence-electron chi connectivity index (χ4n) is 1.58. The number of rotatable bonds is 6. The van der Waals surface area contributed by atoms with E-state index in [0.29, 0.717) is 13.2 Å². The van der Waals surface area contributed by atoms with Gasteiger partial charge in [-0.25, -0.2) is 0 Å². The fraction of sp³-hybridized carbons (Fsp3) is 0.188. The number of nitrogens with one attached hydrogen (secondary N) is 1. The summed E-state index contributed by atoms with van der Waals surface area (Å²) >= 11 is 1.60. The average molecular weight is 287 g/mol. The van der Waals surface area contributed by atoms with Crippen LogP contribution in [0.1, 0.15) is 10.4 Å². The summed E-state index contributed by atoms with van der Waals surface area (Å²) in [5, 5.41) is 4.76. The van der Waals surface area contributed by atoms with Crippen molar-refractivity contribution in [3.8, 4) is 5.75 Å². The van der Waals surface area contributed by atoms with Gasteiger partial charge in [-0.2, -0.15) is 0 Å². The Balaban J connectivity index is 1.65. The Kier molecular flexibility index (Phi) is 5.38. The predicted molar refractivity (Wildman–Crippen MR) is 83.0 cm³/mol. The fourth-order valence-corrected chi connectivity index (χ4v) is 2.20. The van der Waals surface area contributed by atoms with E-state index in [2.05, 4.69) is 5.32 Å². The quantitative estimate of drug-likeness (QED) is 0.654. The lowest BCUT2D eigenvalue weighted by Crippen LogP contribution is -2.26. The van der Waals surface area contributed by atoms with Crippen molar-refractivity contribution in [2.45, 2.75) is 6.92 Å². The first-order valence-electron chi connectivity index (χ1n) is 6.43. The molecule has 1 N–H and O–H groups in total. The second-order valence-corrected chi connectivity index (χ2v) is 5.28. The molecule has 4 heteroatoms. The SMILES string of the molecule is Cc1ccc(OCCNC(=O)C=Cc2cccs2)cc1. The first-order valence-corrected chi connectivity index (χ1v) is 7.31. The third-order valence-electron chi connectivity index (χ3n) is 2.63. The number of ether oxygens (including phenoxy) is 1. The highest BCUT2D eigenvalue weighted by molar-refractivity contribution is 7.10. The van der Waals surface area contributed by atoms with Gasteiger partial charge in [0.2, 0.25) is 5.91 Å². The van der Waals surface area contributed by atoms with Crippen molar-refractivity contribution in [3.05, 3.63) is 58.3 Å². The molecule has 0 unspecified atom stereocenters. The second-order valence-electron chi connectivity index (χ2n) is 4.30. The van der Waals surface area contributed by atoms with Gasteiger partial charge in [0, 0.05) is 11.0 Å². The molecular weight excluding hydrogens is 270 g/mol. The van der Waals surface area contributed by atoms with E-state index >= 15 is 0 Å². The molecule has 2 aromatic rings. The van der Waals surface area contributed by atoms with E-state index in [1.165, 1.54) is 11.6 Å². The third kappa shape index (κ3) is 4.90. The molecule has 1 amide bonds. The molecule has 0 saturated carbocycles. The Hall–Kier alpha value is -2.07. The van der Waals surface area contributed by atoms with Crippen LogP contribution in [0.4, 0.5) is 0 Å². The van der Waals surface area contributed by atoms with E-state index in [4.69, 9.17) is 4.74 Å². The number of hydrogen-bond acceptors (Lipinski definition) is 3. The molecule has 0 radical (unpaired) electrons. The van der Waals surface area contributed by atoms with Crippen molar-refractivity contribution in [3.63, 3.8) is 0 Å². The molecule has 0 fully saturated rings. The Labute approximate surface area is 122 Å². The van der Waals surface area contributed by atoms with E-state index in [0.717, 1.165) is 10.6 Å². The van der Waals surface area contributed by atoms with Gasteiger partial charge in [0.25, 0.3) is 0 Å². The molecule has 3 nitrogen and oxygen atoms in total. The number of amides is 1. The summed E-state index contributed by atoms with van der Waals surface area (Å²) in [5.74, 6) is 0.713. The average Bonchev–Trinajstić information content (AvgIpc) is 2.96. The van der Waals surface area contributed by atoms with Crippen molar-refractivity contribution in [2.24, 2.45) is 0 Å². The lowest BCUT2D eigenvalue weighted by molar-refractivity contribution is -0.116. The Morgan fingerprint density at radius 1 is 1.30 bits per heavy atom. The minimum atomic E-state index is -0.106. The topological polar surface area (TPSA) is 38.3 Å². The van der Waals surface area contributed by atoms with Crippen LogP contribution in [0.2, 0.25) is 0 Å². The lowest BCUT2D eigenvalue weighted by Gasteiger charge is -2.06. The molecule has 104 valence electrons. The van der Waals surface area contributed by atoms with Gasteiger partial charge in [0.15, 0.2) is 0 Å². The highest BCUT2D eigenvalue weighted by Crippen LogP contribution is 2.11. The van der Waals surface area contributed by atoms with Gasteiger partial charge in [-0.3, -0.25) is 4.79 Å². The number of carbonyl (C=O) groups excluding carboxylic acids is 1. The molecular formula is C16H17NO2S. The maximum atomic E-state index is 11.5. The monoisotopic (exact) mass is 287 g/mol. The standard InChI is InChI=1S/C16H17NO2S/c1-13-4-6-14(7-5-13)19-11-10-17-16(18)9-8-15-3-2-12-20-15/h2-9,12H,10-11H2,1H3,(H,17,18). The summed E-state index contributed by atoms with van der Waals surface area (Å²) in [4.78, 5) is 12.6. The summed E-state index contributed by atoms with van der Waals surface area (Å²) in [6.45, 7) is 2.98. The van der Waals surface area contributed by atoms with Gasteiger partial charge in [-0.15, -0.1) is 11.3 Å². The number of carbonyl (C=O) groups is 1. The van der Waals surface area contributed by atoms with Gasteiger partial charge in [0.05, 0.1) is 6.54 Å². The molecule has 0 saturated heterocycles. The zero-order valence-corrected chi connectivity index (χ0v) is 12.2. The molecule has 20 heavy (non-hydrogen) atoms. The van der Waals surface area contributed by atoms with Crippen LogP contribution in [0, 0.1) is 6.92 Å². The van der Waals surface area contributed by atoms with Gasteiger partial charge >= 0.3 is 0 Å². The predicted octanol–water partition coefficient (Wildman–Crippen LogP) is 3.26. The van der Waals surface area contributed by atoms with Crippen LogP contribution >= 0.6 is 11.3 Å². The van der Waals surface area contributed by atoms with E-state index in [9.17, 15) is 4.79 Å². The van der Waals surface area contributed by atoms with Crippen molar-refractivity contribution < 1.29 is 9.53 Å². The molecule has 0 spiro atoms. The minimum Gasteiger partial charge on any atom is -0.492 e. The number of thiophene rings is 1. The summed E-state index contributed by atoms with van der Waals surface area (Å²) in [7, 11) is 0. The molecule has 0 bridgehead atoms. The molecule has 0 aliphatic carbocycles. The number of hydrogen-bond donors (Lipinski definition) is 1. The second kappa shape index (κ2) is 7.50. The molecule has 1 aromatic heterocycles. The highest BCUT2D eigenvalue weighted by atomic mass is 32.1. The molecule has 1 aromatic carbocycles. The van der Waals surface area contributed by atoms with Crippen molar-refractivity contribution in [2.75, 3.05) is 13.2 Å². The van der Waals surface area contributed by atoms with Gasteiger partial charge in [-0.1, -0.05) is 23.8 Å². The van der Waals surface area contributed by atoms with Crippen molar-refractivity contribution in [1.29, 1.82) is 0 Å². The number of benzene rings is 1. The molecule has 0 aliphatic heterocycles.